The van der Waals surface area contributed by atoms with E-state index in [1.165, 1.54) is 41.7 Å². The van der Waals surface area contributed by atoms with E-state index in [9.17, 15) is 5.26 Å². The molecule has 0 unspecified atom stereocenters. The van der Waals surface area contributed by atoms with Crippen LogP contribution in [0.1, 0.15) is 46.2 Å². The Bertz CT molecular complexity index is 1600. The molecule has 4 aromatic rings. The van der Waals surface area contributed by atoms with Crippen molar-refractivity contribution < 1.29 is 0 Å². The average Bonchev–Trinajstić information content (AvgIpc) is 2.97. The quantitative estimate of drug-likeness (QED) is 0.206. The first-order valence-corrected chi connectivity index (χ1v) is 12.7. The molecule has 0 fully saturated rings. The molecular weight excluding hydrogens is 464 g/mol. The van der Waals surface area contributed by atoms with Gasteiger partial charge in [-0.2, -0.15) is 5.26 Å². The van der Waals surface area contributed by atoms with Gasteiger partial charge >= 0.3 is 0 Å². The summed E-state index contributed by atoms with van der Waals surface area (Å²) in [4.78, 5) is 9.37. The highest BCUT2D eigenvalue weighted by Crippen LogP contribution is 2.37. The first kappa shape index (κ1) is 24.6. The zero-order valence-corrected chi connectivity index (χ0v) is 21.3. The molecule has 0 bridgehead atoms. The number of benzene rings is 4. The summed E-state index contributed by atoms with van der Waals surface area (Å²) in [6.07, 6.45) is 8.49. The molecule has 0 aliphatic heterocycles. The summed E-state index contributed by atoms with van der Waals surface area (Å²) < 4.78 is 0. The van der Waals surface area contributed by atoms with Crippen molar-refractivity contribution in [2.75, 3.05) is 4.90 Å². The van der Waals surface area contributed by atoms with Crippen molar-refractivity contribution in [1.82, 2.24) is 0 Å². The number of anilines is 3. The van der Waals surface area contributed by atoms with Crippen LogP contribution in [0.3, 0.4) is 0 Å². The molecule has 0 saturated carbocycles. The minimum absolute atomic E-state index is 0.306. The summed E-state index contributed by atoms with van der Waals surface area (Å²) in [5.41, 5.74) is 9.87. The van der Waals surface area contributed by atoms with Crippen LogP contribution >= 0.6 is 0 Å². The maximum Gasteiger partial charge on any atom is 0.185 e. The van der Waals surface area contributed by atoms with Crippen molar-refractivity contribution in [3.8, 4) is 6.07 Å². The Kier molecular flexibility index (Phi) is 7.04. The Balaban J connectivity index is 1.50. The second-order valence-corrected chi connectivity index (χ2v) is 9.52. The summed E-state index contributed by atoms with van der Waals surface area (Å²) >= 11 is 0. The van der Waals surface area contributed by atoms with E-state index < -0.39 is 0 Å². The fourth-order valence-corrected chi connectivity index (χ4v) is 4.96. The maximum absolute atomic E-state index is 9.21. The molecule has 5 rings (SSSR count). The highest BCUT2D eigenvalue weighted by molar-refractivity contribution is 5.86. The third-order valence-electron chi connectivity index (χ3n) is 6.98. The van der Waals surface area contributed by atoms with Crippen LogP contribution in [-0.2, 0) is 12.8 Å². The van der Waals surface area contributed by atoms with E-state index in [1.807, 2.05) is 24.3 Å². The smallest absolute Gasteiger partial charge is 0.185 e. The van der Waals surface area contributed by atoms with Crippen molar-refractivity contribution in [3.63, 3.8) is 0 Å². The van der Waals surface area contributed by atoms with E-state index >= 15 is 0 Å². The lowest BCUT2D eigenvalue weighted by atomic mass is 9.91. The van der Waals surface area contributed by atoms with E-state index in [2.05, 4.69) is 76.1 Å². The average molecular weight is 491 g/mol. The van der Waals surface area contributed by atoms with Crippen molar-refractivity contribution in [3.05, 3.63) is 135 Å². The number of aryl methyl sites for hydroxylation is 3. The van der Waals surface area contributed by atoms with Gasteiger partial charge in [0.25, 0.3) is 0 Å². The molecule has 4 heteroatoms. The standard InChI is InChI=1S/C34H26N4/c1-24-8-14-29(15-9-24)38(31-18-13-27-6-4-5-7-28(27)22-31)30-16-10-25(11-17-30)12-19-32-33(36-2)20-26(23-35)21-34(32)37-3/h8-22H,4-7H2,1H3. The Morgan fingerprint density at radius 3 is 1.92 bits per heavy atom. The Hall–Kier alpha value is -5.11. The van der Waals surface area contributed by atoms with Crippen LogP contribution in [0.15, 0.2) is 78.9 Å². The maximum atomic E-state index is 9.21. The molecule has 0 N–H and O–H groups in total. The Morgan fingerprint density at radius 1 is 0.737 bits per heavy atom. The summed E-state index contributed by atoms with van der Waals surface area (Å²) in [6.45, 7) is 17.1. The fourth-order valence-electron chi connectivity index (χ4n) is 4.96. The van der Waals surface area contributed by atoms with Crippen LogP contribution in [0.2, 0.25) is 0 Å². The second-order valence-electron chi connectivity index (χ2n) is 9.52. The summed E-state index contributed by atoms with van der Waals surface area (Å²) in [5.74, 6) is 0. The number of hydrogen-bond acceptors (Lipinski definition) is 2. The molecule has 1 aliphatic rings. The third-order valence-corrected chi connectivity index (χ3v) is 6.98. The molecule has 0 radical (unpaired) electrons. The Morgan fingerprint density at radius 2 is 1.32 bits per heavy atom. The van der Waals surface area contributed by atoms with Gasteiger partial charge in [-0.05, 0) is 103 Å². The predicted molar refractivity (Wildman–Crippen MR) is 155 cm³/mol. The van der Waals surface area contributed by atoms with Crippen LogP contribution < -0.4 is 4.90 Å². The van der Waals surface area contributed by atoms with E-state index in [-0.39, 0.29) is 0 Å². The number of hydrogen-bond donors (Lipinski definition) is 0. The molecule has 4 nitrogen and oxygen atoms in total. The van der Waals surface area contributed by atoms with Gasteiger partial charge in [0.2, 0.25) is 0 Å². The van der Waals surface area contributed by atoms with Gasteiger partial charge in [-0.3, -0.25) is 0 Å². The van der Waals surface area contributed by atoms with Crippen LogP contribution in [0.25, 0.3) is 21.8 Å². The van der Waals surface area contributed by atoms with Crippen molar-refractivity contribution in [2.45, 2.75) is 32.6 Å². The predicted octanol–water partition coefficient (Wildman–Crippen LogP) is 9.49. The summed E-state index contributed by atoms with van der Waals surface area (Å²) in [6, 6.07) is 28.8. The fraction of sp³-hybridized carbons (Fsp3) is 0.147. The molecular formula is C34H26N4. The molecule has 182 valence electrons. The number of nitrogens with zero attached hydrogens (tertiary/aromatic N) is 4. The van der Waals surface area contributed by atoms with Crippen LogP contribution in [-0.4, -0.2) is 0 Å². The van der Waals surface area contributed by atoms with Crippen LogP contribution in [0.4, 0.5) is 28.4 Å². The summed E-state index contributed by atoms with van der Waals surface area (Å²) in [7, 11) is 0. The van der Waals surface area contributed by atoms with Gasteiger partial charge in [0.15, 0.2) is 11.4 Å². The number of rotatable bonds is 5. The molecule has 4 aromatic carbocycles. The van der Waals surface area contributed by atoms with Gasteiger partial charge in [0, 0.05) is 22.6 Å². The monoisotopic (exact) mass is 490 g/mol. The largest absolute Gasteiger partial charge is 0.310 e. The molecule has 0 amide bonds. The zero-order chi connectivity index (χ0) is 26.5. The van der Waals surface area contributed by atoms with Crippen LogP contribution in [0.5, 0.6) is 0 Å². The first-order valence-electron chi connectivity index (χ1n) is 12.7. The van der Waals surface area contributed by atoms with Crippen molar-refractivity contribution >= 4 is 40.6 Å². The normalized spacial score (nSPS) is 12.3. The lowest BCUT2D eigenvalue weighted by molar-refractivity contribution is 0.685. The first-order chi connectivity index (χ1) is 18.6. The summed E-state index contributed by atoms with van der Waals surface area (Å²) in [5, 5.41) is 9.21. The van der Waals surface area contributed by atoms with E-state index in [1.54, 1.807) is 6.08 Å². The SMILES string of the molecule is [C-]#[N+]c1cc(C#N)cc([N+]#[C-])c1C=Cc1ccc(N(c2ccc(C)cc2)c2ccc3c(c2)CCCC3)cc1. The number of fused-ring (bicyclic) bond motifs is 1. The second kappa shape index (κ2) is 10.9. The highest BCUT2D eigenvalue weighted by Gasteiger charge is 2.16. The molecule has 0 saturated heterocycles. The number of nitriles is 1. The molecule has 0 atom stereocenters. The lowest BCUT2D eigenvalue weighted by Gasteiger charge is -2.27. The molecule has 0 heterocycles. The minimum atomic E-state index is 0.306. The minimum Gasteiger partial charge on any atom is -0.310 e. The highest BCUT2D eigenvalue weighted by atomic mass is 15.1. The topological polar surface area (TPSA) is 35.8 Å². The Labute approximate surface area is 224 Å². The van der Waals surface area contributed by atoms with Crippen molar-refractivity contribution in [2.24, 2.45) is 0 Å². The lowest BCUT2D eigenvalue weighted by Crippen LogP contribution is -2.12. The van der Waals surface area contributed by atoms with Gasteiger partial charge in [0.05, 0.1) is 19.2 Å². The van der Waals surface area contributed by atoms with E-state index in [0.29, 0.717) is 22.5 Å². The van der Waals surface area contributed by atoms with Crippen LogP contribution in [0, 0.1) is 31.4 Å². The van der Waals surface area contributed by atoms with E-state index in [0.717, 1.165) is 35.5 Å². The van der Waals surface area contributed by atoms with Gasteiger partial charge < -0.3 is 4.90 Å². The van der Waals surface area contributed by atoms with Gasteiger partial charge in [-0.25, -0.2) is 9.69 Å². The van der Waals surface area contributed by atoms with Crippen molar-refractivity contribution in [1.29, 1.82) is 5.26 Å². The molecule has 1 aliphatic carbocycles. The third kappa shape index (κ3) is 5.05. The molecule has 38 heavy (non-hydrogen) atoms. The zero-order valence-electron chi connectivity index (χ0n) is 21.3. The van der Waals surface area contributed by atoms with Gasteiger partial charge in [-0.15, -0.1) is 0 Å². The van der Waals surface area contributed by atoms with E-state index in [4.69, 9.17) is 13.1 Å². The van der Waals surface area contributed by atoms with Gasteiger partial charge in [-0.1, -0.05) is 48.0 Å². The molecule has 0 spiro atoms. The van der Waals surface area contributed by atoms with Gasteiger partial charge in [0.1, 0.15) is 0 Å². The molecule has 0 aromatic heterocycles.